The average Bonchev–Trinajstić information content (AvgIpc) is 3.29. The summed E-state index contributed by atoms with van der Waals surface area (Å²) in [4.78, 5) is 28.0. The van der Waals surface area contributed by atoms with Gasteiger partial charge < -0.3 is 14.4 Å². The van der Waals surface area contributed by atoms with Gasteiger partial charge in [0, 0.05) is 38.5 Å². The van der Waals surface area contributed by atoms with Crippen molar-refractivity contribution in [3.05, 3.63) is 59.2 Å². The van der Waals surface area contributed by atoms with Crippen molar-refractivity contribution < 1.29 is 19.1 Å². The second-order valence-electron chi connectivity index (χ2n) is 7.46. The van der Waals surface area contributed by atoms with Gasteiger partial charge in [-0.25, -0.2) is 4.79 Å². The second kappa shape index (κ2) is 7.54. The van der Waals surface area contributed by atoms with Gasteiger partial charge >= 0.3 is 6.09 Å². The van der Waals surface area contributed by atoms with E-state index in [4.69, 9.17) is 9.47 Å². The van der Waals surface area contributed by atoms with Crippen molar-refractivity contribution in [2.24, 2.45) is 0 Å². The molecule has 0 radical (unpaired) electrons. The second-order valence-corrected chi connectivity index (χ2v) is 7.46. The molecule has 2 aromatic carbocycles. The summed E-state index contributed by atoms with van der Waals surface area (Å²) >= 11 is 0. The maximum atomic E-state index is 12.6. The molecule has 0 N–H and O–H groups in total. The molecular weight excluding hydrogens is 356 g/mol. The first-order valence-corrected chi connectivity index (χ1v) is 9.51. The van der Waals surface area contributed by atoms with Gasteiger partial charge in [-0.2, -0.15) is 0 Å². The van der Waals surface area contributed by atoms with Crippen molar-refractivity contribution in [1.29, 1.82) is 0 Å². The lowest BCUT2D eigenvalue weighted by molar-refractivity contribution is -0.129. The van der Waals surface area contributed by atoms with Crippen molar-refractivity contribution in [2.75, 3.05) is 32.1 Å². The molecule has 2 heterocycles. The number of benzene rings is 2. The van der Waals surface area contributed by atoms with E-state index < -0.39 is 0 Å². The van der Waals surface area contributed by atoms with Gasteiger partial charge in [0.15, 0.2) is 0 Å². The van der Waals surface area contributed by atoms with E-state index in [0.29, 0.717) is 19.6 Å². The van der Waals surface area contributed by atoms with Crippen LogP contribution in [0.15, 0.2) is 42.5 Å². The standard InChI is InChI=1S/C22H24N2O4/c1-23(2)21(25)11-17-14-27-20-10-16-8-9-24(19(16)12-18(17)20)22(26)28-13-15-6-4-3-5-7-15/h3-7,10,12,17H,8-9,11,13-14H2,1-2H3. The van der Waals surface area contributed by atoms with Crippen molar-refractivity contribution in [3.8, 4) is 5.75 Å². The van der Waals surface area contributed by atoms with Gasteiger partial charge in [-0.15, -0.1) is 0 Å². The Kier molecular flexibility index (Phi) is 4.94. The zero-order chi connectivity index (χ0) is 19.7. The summed E-state index contributed by atoms with van der Waals surface area (Å²) in [6, 6.07) is 13.7. The first-order valence-electron chi connectivity index (χ1n) is 9.51. The first-order chi connectivity index (χ1) is 13.5. The molecule has 1 unspecified atom stereocenters. The Bertz CT molecular complexity index is 895. The zero-order valence-corrected chi connectivity index (χ0v) is 16.2. The fraction of sp³-hybridized carbons (Fsp3) is 0.364. The molecule has 0 aromatic heterocycles. The maximum Gasteiger partial charge on any atom is 0.414 e. The lowest BCUT2D eigenvalue weighted by Crippen LogP contribution is -2.29. The minimum atomic E-state index is -0.345. The average molecular weight is 380 g/mol. The molecule has 0 spiro atoms. The van der Waals surface area contributed by atoms with Crippen LogP contribution in [0.1, 0.15) is 29.0 Å². The lowest BCUT2D eigenvalue weighted by Gasteiger charge is -2.19. The summed E-state index contributed by atoms with van der Waals surface area (Å²) < 4.78 is 11.3. The van der Waals surface area contributed by atoms with Crippen LogP contribution in [-0.4, -0.2) is 44.1 Å². The van der Waals surface area contributed by atoms with Crippen LogP contribution in [0.2, 0.25) is 0 Å². The molecule has 1 atom stereocenters. The lowest BCUT2D eigenvalue weighted by atomic mass is 9.95. The highest BCUT2D eigenvalue weighted by atomic mass is 16.6. The molecule has 6 heteroatoms. The smallest absolute Gasteiger partial charge is 0.414 e. The van der Waals surface area contributed by atoms with Crippen LogP contribution >= 0.6 is 0 Å². The number of hydrogen-bond donors (Lipinski definition) is 0. The summed E-state index contributed by atoms with van der Waals surface area (Å²) in [7, 11) is 3.51. The normalized spacial score (nSPS) is 16.9. The molecule has 2 aromatic rings. The Morgan fingerprint density at radius 1 is 1.21 bits per heavy atom. The third kappa shape index (κ3) is 3.54. The van der Waals surface area contributed by atoms with Crippen LogP contribution in [0.5, 0.6) is 5.75 Å². The largest absolute Gasteiger partial charge is 0.493 e. The van der Waals surface area contributed by atoms with Crippen LogP contribution in [-0.2, 0) is 22.6 Å². The number of anilines is 1. The van der Waals surface area contributed by atoms with Crippen LogP contribution in [0.4, 0.5) is 10.5 Å². The van der Waals surface area contributed by atoms with Gasteiger partial charge in [-0.05, 0) is 29.7 Å². The van der Waals surface area contributed by atoms with Crippen molar-refractivity contribution in [3.63, 3.8) is 0 Å². The van der Waals surface area contributed by atoms with Crippen molar-refractivity contribution in [1.82, 2.24) is 4.90 Å². The Labute approximate surface area is 164 Å². The number of rotatable bonds is 4. The molecule has 6 nitrogen and oxygen atoms in total. The predicted molar refractivity (Wildman–Crippen MR) is 106 cm³/mol. The van der Waals surface area contributed by atoms with E-state index in [1.165, 1.54) is 0 Å². The molecule has 0 fully saturated rings. The third-order valence-electron chi connectivity index (χ3n) is 5.33. The Morgan fingerprint density at radius 2 is 2.00 bits per heavy atom. The third-order valence-corrected chi connectivity index (χ3v) is 5.33. The van der Waals surface area contributed by atoms with Gasteiger partial charge in [0.2, 0.25) is 5.91 Å². The number of carbonyl (C=O) groups excluding carboxylic acids is 2. The van der Waals surface area contributed by atoms with Gasteiger partial charge in [0.05, 0.1) is 12.3 Å². The van der Waals surface area contributed by atoms with E-state index in [1.54, 1.807) is 23.9 Å². The zero-order valence-electron chi connectivity index (χ0n) is 16.2. The number of amides is 2. The number of fused-ring (bicyclic) bond motifs is 2. The topological polar surface area (TPSA) is 59.1 Å². The molecule has 146 valence electrons. The Balaban J connectivity index is 1.50. The predicted octanol–water partition coefficient (Wildman–Crippen LogP) is 3.34. The highest BCUT2D eigenvalue weighted by Crippen LogP contribution is 2.42. The number of ether oxygens (including phenoxy) is 2. The Hall–Kier alpha value is -3.02. The Morgan fingerprint density at radius 3 is 2.75 bits per heavy atom. The highest BCUT2D eigenvalue weighted by Gasteiger charge is 2.33. The number of hydrogen-bond acceptors (Lipinski definition) is 4. The highest BCUT2D eigenvalue weighted by molar-refractivity contribution is 5.91. The molecule has 0 saturated carbocycles. The van der Waals surface area contributed by atoms with E-state index in [-0.39, 0.29) is 24.5 Å². The summed E-state index contributed by atoms with van der Waals surface area (Å²) in [5.74, 6) is 0.911. The SMILES string of the molecule is CN(C)C(=O)CC1COc2cc3c(cc21)N(C(=O)OCc1ccccc1)CC3. The van der Waals surface area contributed by atoms with Crippen molar-refractivity contribution in [2.45, 2.75) is 25.4 Å². The fourth-order valence-corrected chi connectivity index (χ4v) is 3.70. The van der Waals surface area contributed by atoms with Gasteiger partial charge in [-0.3, -0.25) is 9.69 Å². The summed E-state index contributed by atoms with van der Waals surface area (Å²) in [6.45, 7) is 1.34. The molecule has 0 bridgehead atoms. The fourth-order valence-electron chi connectivity index (χ4n) is 3.70. The molecule has 28 heavy (non-hydrogen) atoms. The first kappa shape index (κ1) is 18.3. The molecule has 2 aliphatic rings. The van der Waals surface area contributed by atoms with E-state index in [0.717, 1.165) is 34.5 Å². The van der Waals surface area contributed by atoms with Crippen LogP contribution in [0.25, 0.3) is 0 Å². The monoisotopic (exact) mass is 380 g/mol. The van der Waals surface area contributed by atoms with Gasteiger partial charge in [-0.1, -0.05) is 30.3 Å². The summed E-state index contributed by atoms with van der Waals surface area (Å²) in [6.07, 6.45) is 0.827. The number of carbonyl (C=O) groups is 2. The molecule has 4 rings (SSSR count). The summed E-state index contributed by atoms with van der Waals surface area (Å²) in [5, 5.41) is 0. The molecular formula is C22H24N2O4. The van der Waals surface area contributed by atoms with Crippen LogP contribution in [0, 0.1) is 0 Å². The number of nitrogens with zero attached hydrogens (tertiary/aromatic N) is 2. The van der Waals surface area contributed by atoms with E-state index in [2.05, 4.69) is 0 Å². The van der Waals surface area contributed by atoms with Crippen molar-refractivity contribution >= 4 is 17.7 Å². The van der Waals surface area contributed by atoms with E-state index in [9.17, 15) is 9.59 Å². The minimum absolute atomic E-state index is 0.0120. The van der Waals surface area contributed by atoms with Crippen LogP contribution in [0.3, 0.4) is 0 Å². The quantitative estimate of drug-likeness (QED) is 0.816. The molecule has 2 aliphatic heterocycles. The van der Waals surface area contributed by atoms with Crippen LogP contribution < -0.4 is 9.64 Å². The van der Waals surface area contributed by atoms with Gasteiger partial charge in [0.25, 0.3) is 0 Å². The molecule has 0 aliphatic carbocycles. The summed E-state index contributed by atoms with van der Waals surface area (Å²) in [5.41, 5.74) is 3.90. The van der Waals surface area contributed by atoms with Gasteiger partial charge in [0.1, 0.15) is 12.4 Å². The molecule has 2 amide bonds. The van der Waals surface area contributed by atoms with E-state index in [1.807, 2.05) is 42.5 Å². The minimum Gasteiger partial charge on any atom is -0.493 e. The van der Waals surface area contributed by atoms with E-state index >= 15 is 0 Å². The maximum absolute atomic E-state index is 12.6. The molecule has 0 saturated heterocycles.